The molecule has 0 spiro atoms. The van der Waals surface area contributed by atoms with Crippen LogP contribution in [0.15, 0.2) is 16.8 Å². The molecular formula is C32H50N2O6. The highest BCUT2D eigenvalue weighted by molar-refractivity contribution is 5.96. The van der Waals surface area contributed by atoms with E-state index in [0.29, 0.717) is 30.8 Å². The normalized spacial score (nSPS) is 42.1. The van der Waals surface area contributed by atoms with Gasteiger partial charge in [0.25, 0.3) is 5.91 Å². The molecule has 1 amide bonds. The van der Waals surface area contributed by atoms with E-state index in [-0.39, 0.29) is 41.3 Å². The highest BCUT2D eigenvalue weighted by atomic mass is 16.6. The smallest absolute Gasteiger partial charge is 0.305 e. The lowest BCUT2D eigenvalue weighted by Gasteiger charge is -2.59. The number of aliphatic carboxylic acids is 1. The van der Waals surface area contributed by atoms with E-state index in [1.54, 1.807) is 0 Å². The molecule has 8 nitrogen and oxygen atoms in total. The van der Waals surface area contributed by atoms with Crippen molar-refractivity contribution in [2.75, 3.05) is 13.2 Å². The minimum Gasteiger partial charge on any atom is -0.481 e. The Hall–Kier alpha value is -1.93. The average molecular weight is 559 g/mol. The van der Waals surface area contributed by atoms with Crippen LogP contribution in [0.1, 0.15) is 105 Å². The molecule has 8 heteroatoms. The van der Waals surface area contributed by atoms with Crippen LogP contribution in [0.5, 0.6) is 0 Å². The number of oxime groups is 1. The quantitative estimate of drug-likeness (QED) is 0.368. The van der Waals surface area contributed by atoms with Crippen LogP contribution in [0.3, 0.4) is 0 Å². The van der Waals surface area contributed by atoms with Crippen LogP contribution in [-0.2, 0) is 19.2 Å². The zero-order chi connectivity index (χ0) is 28.9. The molecule has 4 aliphatic carbocycles. The second-order valence-corrected chi connectivity index (χ2v) is 14.8. The maximum absolute atomic E-state index is 12.7. The van der Waals surface area contributed by atoms with Gasteiger partial charge in [-0.15, -0.1) is 0 Å². The predicted molar refractivity (Wildman–Crippen MR) is 153 cm³/mol. The summed E-state index contributed by atoms with van der Waals surface area (Å²) < 4.78 is 5.77. The van der Waals surface area contributed by atoms with Crippen LogP contribution >= 0.6 is 0 Å². The second kappa shape index (κ2) is 10.7. The number of carboxylic acid groups (broad SMARTS) is 1. The van der Waals surface area contributed by atoms with Crippen LogP contribution in [0.2, 0.25) is 0 Å². The first kappa shape index (κ1) is 29.6. The Balaban J connectivity index is 1.19. The summed E-state index contributed by atoms with van der Waals surface area (Å²) >= 11 is 0. The average Bonchev–Trinajstić information content (AvgIpc) is 3.11. The van der Waals surface area contributed by atoms with E-state index in [4.69, 9.17) is 9.57 Å². The Morgan fingerprint density at radius 2 is 1.82 bits per heavy atom. The van der Waals surface area contributed by atoms with Crippen LogP contribution < -0.4 is 5.32 Å². The van der Waals surface area contributed by atoms with Crippen LogP contribution in [-0.4, -0.2) is 58.3 Å². The van der Waals surface area contributed by atoms with E-state index in [0.717, 1.165) is 50.7 Å². The lowest BCUT2D eigenvalue weighted by molar-refractivity contribution is -0.139. The number of nitrogens with one attached hydrogen (secondary N) is 1. The molecule has 1 heterocycles. The molecule has 8 atom stereocenters. The number of aliphatic hydroxyl groups is 1. The number of carbonyl (C=O) groups excluding carboxylic acids is 1. The monoisotopic (exact) mass is 558 g/mol. The first-order valence-corrected chi connectivity index (χ1v) is 15.5. The summed E-state index contributed by atoms with van der Waals surface area (Å²) in [7, 11) is 0. The zero-order valence-electron chi connectivity index (χ0n) is 25.1. The molecule has 1 saturated heterocycles. The molecule has 5 aliphatic rings. The summed E-state index contributed by atoms with van der Waals surface area (Å²) in [6, 6.07) is -0.460. The molecule has 0 aromatic rings. The number of nitrogens with zero attached hydrogens (tertiary/aromatic N) is 1. The lowest BCUT2D eigenvalue weighted by atomic mass is 9.46. The van der Waals surface area contributed by atoms with Gasteiger partial charge in [0.15, 0.2) is 6.61 Å². The highest BCUT2D eigenvalue weighted by Gasteiger charge is 2.62. The van der Waals surface area contributed by atoms with Crippen molar-refractivity contribution < 1.29 is 29.4 Å². The number of amides is 1. The van der Waals surface area contributed by atoms with Gasteiger partial charge in [0.2, 0.25) is 0 Å². The first-order valence-electron chi connectivity index (χ1n) is 15.5. The van der Waals surface area contributed by atoms with E-state index in [2.05, 4.69) is 37.3 Å². The number of carboxylic acids is 1. The second-order valence-electron chi connectivity index (χ2n) is 14.8. The Kier molecular flexibility index (Phi) is 7.92. The molecule has 3 N–H and O–H groups in total. The fraction of sp³-hybridized carbons (Fsp3) is 0.844. The molecule has 0 unspecified atom stereocenters. The van der Waals surface area contributed by atoms with Crippen molar-refractivity contribution in [3.63, 3.8) is 0 Å². The topological polar surface area (TPSA) is 117 Å². The molecule has 4 fully saturated rings. The van der Waals surface area contributed by atoms with Gasteiger partial charge in [-0.1, -0.05) is 24.6 Å². The Bertz CT molecular complexity index is 1070. The van der Waals surface area contributed by atoms with E-state index in [1.165, 1.54) is 18.4 Å². The largest absolute Gasteiger partial charge is 0.481 e. The van der Waals surface area contributed by atoms with Crippen molar-refractivity contribution in [1.29, 1.82) is 0 Å². The minimum absolute atomic E-state index is 0.0336. The molecule has 40 heavy (non-hydrogen) atoms. The molecule has 3 saturated carbocycles. The third-order valence-corrected chi connectivity index (χ3v) is 12.0. The van der Waals surface area contributed by atoms with Gasteiger partial charge in [0.05, 0.1) is 23.3 Å². The van der Waals surface area contributed by atoms with Gasteiger partial charge in [-0.25, -0.2) is 0 Å². The lowest BCUT2D eigenvalue weighted by Crippen LogP contribution is -2.53. The summed E-state index contributed by atoms with van der Waals surface area (Å²) in [5, 5.41) is 27.8. The van der Waals surface area contributed by atoms with Crippen molar-refractivity contribution in [2.45, 2.75) is 122 Å². The number of hydrogen-bond acceptors (Lipinski definition) is 6. The summed E-state index contributed by atoms with van der Waals surface area (Å²) in [5.74, 6) is 0.699. The van der Waals surface area contributed by atoms with Crippen molar-refractivity contribution in [3.05, 3.63) is 11.6 Å². The number of allylic oxidation sites excluding steroid dienone is 2. The number of carbonyl (C=O) groups is 2. The van der Waals surface area contributed by atoms with E-state index >= 15 is 0 Å². The number of hydrogen-bond donors (Lipinski definition) is 3. The molecule has 0 bridgehead atoms. The van der Waals surface area contributed by atoms with Gasteiger partial charge >= 0.3 is 5.97 Å². The summed E-state index contributed by atoms with van der Waals surface area (Å²) in [6.07, 6.45) is 11.9. The van der Waals surface area contributed by atoms with Crippen molar-refractivity contribution >= 4 is 17.6 Å². The molecule has 0 aromatic heterocycles. The van der Waals surface area contributed by atoms with E-state index < -0.39 is 17.6 Å². The third-order valence-electron chi connectivity index (χ3n) is 12.0. The maximum atomic E-state index is 12.7. The summed E-state index contributed by atoms with van der Waals surface area (Å²) in [4.78, 5) is 29.7. The minimum atomic E-state index is -0.928. The van der Waals surface area contributed by atoms with Crippen LogP contribution in [0.4, 0.5) is 0 Å². The highest BCUT2D eigenvalue weighted by Crippen LogP contribution is 2.67. The molecule has 224 valence electrons. The molecule has 5 rings (SSSR count). The molecule has 0 radical (unpaired) electrons. The van der Waals surface area contributed by atoms with E-state index in [9.17, 15) is 19.8 Å². The van der Waals surface area contributed by atoms with E-state index in [1.807, 2.05) is 13.8 Å². The maximum Gasteiger partial charge on any atom is 0.305 e. The van der Waals surface area contributed by atoms with Crippen molar-refractivity contribution in [3.8, 4) is 0 Å². The van der Waals surface area contributed by atoms with Gasteiger partial charge < -0.3 is 25.1 Å². The predicted octanol–water partition coefficient (Wildman–Crippen LogP) is 5.24. The molecular weight excluding hydrogens is 508 g/mol. The third kappa shape index (κ3) is 5.47. The van der Waals surface area contributed by atoms with Crippen molar-refractivity contribution in [2.24, 2.45) is 39.7 Å². The van der Waals surface area contributed by atoms with Crippen molar-refractivity contribution in [1.82, 2.24) is 5.32 Å². The standard InChI is InChI=1S/C32H50N2O6/c1-29(2)18-20(11-15-39-29)26(17-28(36)37)33-27(35)19-40-34-22-8-12-30(3)21(16-22)6-7-23-24(30)9-13-31(4)25(23)10-14-32(31,5)38/h16,20,23-26,38H,6-15,17-19H2,1-5H3,(H,33,35)(H,36,37)/t20-,23-,24-,25+,26+,30+,31+,32+/m1/s1. The van der Waals surface area contributed by atoms with Gasteiger partial charge in [0.1, 0.15) is 0 Å². The Morgan fingerprint density at radius 1 is 1.07 bits per heavy atom. The Morgan fingerprint density at radius 3 is 2.55 bits per heavy atom. The van der Waals surface area contributed by atoms with Crippen LogP contribution in [0.25, 0.3) is 0 Å². The summed E-state index contributed by atoms with van der Waals surface area (Å²) in [5.41, 5.74) is 1.66. The Labute approximate surface area is 239 Å². The van der Waals surface area contributed by atoms with Gasteiger partial charge in [-0.3, -0.25) is 9.59 Å². The van der Waals surface area contributed by atoms with Gasteiger partial charge in [-0.05, 0) is 126 Å². The fourth-order valence-electron chi connectivity index (χ4n) is 9.45. The SMILES string of the molecule is CC1(C)C[C@H]([C@H](CC(=O)O)NC(=O)CON=C2C=C3CC[C@@H]4[C@@H](CC[C@@]5(C)[C@H]4CC[C@]5(C)O)[C@@]3(C)CC2)CCO1. The van der Waals surface area contributed by atoms with Gasteiger partial charge in [0, 0.05) is 12.6 Å². The first-order chi connectivity index (χ1) is 18.7. The number of ether oxygens (including phenoxy) is 1. The number of rotatable bonds is 7. The fourth-order valence-corrected chi connectivity index (χ4v) is 9.45. The molecule has 0 aromatic carbocycles. The number of fused-ring (bicyclic) bond motifs is 5. The zero-order valence-corrected chi connectivity index (χ0v) is 25.1. The van der Waals surface area contributed by atoms with Gasteiger partial charge in [-0.2, -0.15) is 0 Å². The van der Waals surface area contributed by atoms with Crippen LogP contribution in [0, 0.1) is 34.5 Å². The molecule has 1 aliphatic heterocycles. The summed E-state index contributed by atoms with van der Waals surface area (Å²) in [6.45, 7) is 11.2.